The molecule has 1 aliphatic carbocycles. The zero-order valence-corrected chi connectivity index (χ0v) is 25.8. The molecule has 46 heavy (non-hydrogen) atoms. The van der Waals surface area contributed by atoms with E-state index in [1.807, 2.05) is 24.3 Å². The number of pyridine rings is 1. The number of aliphatic carboxylic acids is 1. The number of sulfonamides is 1. The van der Waals surface area contributed by atoms with Crippen LogP contribution in [0.5, 0.6) is 0 Å². The van der Waals surface area contributed by atoms with Gasteiger partial charge in [0.15, 0.2) is 0 Å². The van der Waals surface area contributed by atoms with Gasteiger partial charge in [-0.1, -0.05) is 66.2 Å². The Bertz CT molecular complexity index is 2020. The maximum atomic E-state index is 14.4. The molecule has 5 aromatic rings. The van der Waals surface area contributed by atoms with E-state index in [0.717, 1.165) is 15.4 Å². The van der Waals surface area contributed by atoms with Gasteiger partial charge in [-0.2, -0.15) is 4.31 Å². The molecule has 1 fully saturated rings. The second-order valence-electron chi connectivity index (χ2n) is 11.0. The summed E-state index contributed by atoms with van der Waals surface area (Å²) in [5.41, 5.74) is 1.39. The average molecular weight is 654 g/mol. The normalized spacial score (nSPS) is 17.4. The first-order chi connectivity index (χ1) is 22.1. The average Bonchev–Trinajstić information content (AvgIpc) is 3.82. The van der Waals surface area contributed by atoms with Crippen LogP contribution in [0.2, 0.25) is 5.02 Å². The number of anilines is 2. The smallest absolute Gasteiger partial charge is 0.335 e. The van der Waals surface area contributed by atoms with Crippen molar-refractivity contribution in [2.24, 2.45) is 0 Å². The second kappa shape index (κ2) is 12.4. The van der Waals surface area contributed by atoms with Crippen molar-refractivity contribution >= 4 is 45.1 Å². The SMILES string of the molecule is O=C(O)c1cccc(CN([C@]2(C(=O)O)C[C@@H]2c2cccc(Nc3ccccn3)c2)S(=O)(=O)c2ccc(-c3ccc(Cl)cc3)cc2)c1. The molecule has 0 radical (unpaired) electrons. The van der Waals surface area contributed by atoms with Crippen molar-refractivity contribution in [2.75, 3.05) is 5.32 Å². The van der Waals surface area contributed by atoms with E-state index < -0.39 is 33.4 Å². The third kappa shape index (κ3) is 6.10. The summed E-state index contributed by atoms with van der Waals surface area (Å²) < 4.78 is 29.9. The number of hydrogen-bond donors (Lipinski definition) is 3. The van der Waals surface area contributed by atoms with Gasteiger partial charge in [0.1, 0.15) is 11.4 Å². The molecule has 1 saturated carbocycles. The van der Waals surface area contributed by atoms with Crippen molar-refractivity contribution in [3.63, 3.8) is 0 Å². The Balaban J connectivity index is 1.39. The van der Waals surface area contributed by atoms with Crippen molar-refractivity contribution < 1.29 is 28.2 Å². The van der Waals surface area contributed by atoms with Crippen molar-refractivity contribution in [3.05, 3.63) is 143 Å². The van der Waals surface area contributed by atoms with Crippen molar-refractivity contribution in [1.29, 1.82) is 0 Å². The Kier molecular flexibility index (Phi) is 8.35. The highest BCUT2D eigenvalue weighted by Crippen LogP contribution is 2.58. The van der Waals surface area contributed by atoms with Crippen LogP contribution in [0.25, 0.3) is 11.1 Å². The number of carboxylic acid groups (broad SMARTS) is 2. The molecule has 0 amide bonds. The lowest BCUT2D eigenvalue weighted by Crippen LogP contribution is -2.48. The van der Waals surface area contributed by atoms with Crippen LogP contribution in [0, 0.1) is 0 Å². The standard InChI is InChI=1S/C35H28ClN3O6S/c36-28-14-10-24(11-15-28)25-12-16-30(17-13-25)46(44,45)39(22-23-5-3-7-27(19-23)33(40)41)35(34(42)43)21-31(35)26-6-4-8-29(20-26)38-32-9-1-2-18-37-32/h1-20,31H,21-22H2,(H,37,38)(H,40,41)(H,42,43)/t31-,35-/m1/s1. The Morgan fingerprint density at radius 3 is 2.22 bits per heavy atom. The number of nitrogens with one attached hydrogen (secondary N) is 1. The minimum absolute atomic E-state index is 0.0239. The summed E-state index contributed by atoms with van der Waals surface area (Å²) in [5, 5.41) is 24.0. The molecule has 1 heterocycles. The van der Waals surface area contributed by atoms with Crippen LogP contribution in [0.4, 0.5) is 11.5 Å². The lowest BCUT2D eigenvalue weighted by molar-refractivity contribution is -0.143. The van der Waals surface area contributed by atoms with E-state index in [0.29, 0.717) is 27.7 Å². The lowest BCUT2D eigenvalue weighted by Gasteiger charge is -2.30. The molecule has 4 aromatic carbocycles. The predicted octanol–water partition coefficient (Wildman–Crippen LogP) is 7.05. The molecule has 0 aliphatic heterocycles. The van der Waals surface area contributed by atoms with Gasteiger partial charge in [-0.3, -0.25) is 4.79 Å². The van der Waals surface area contributed by atoms with Gasteiger partial charge in [0.2, 0.25) is 10.0 Å². The molecule has 0 saturated heterocycles. The fourth-order valence-corrected chi connectivity index (χ4v) is 7.57. The van der Waals surface area contributed by atoms with Gasteiger partial charge >= 0.3 is 11.9 Å². The number of benzene rings is 4. The first-order valence-corrected chi connectivity index (χ1v) is 16.1. The number of carboxylic acids is 2. The number of aromatic carboxylic acids is 1. The van der Waals surface area contributed by atoms with E-state index in [2.05, 4.69) is 10.3 Å². The third-order valence-electron chi connectivity index (χ3n) is 8.09. The topological polar surface area (TPSA) is 137 Å². The zero-order valence-electron chi connectivity index (χ0n) is 24.2. The minimum Gasteiger partial charge on any atom is -0.480 e. The first kappa shape index (κ1) is 31.0. The fraction of sp³-hybridized carbons (Fsp3) is 0.114. The van der Waals surface area contributed by atoms with Crippen LogP contribution in [0.3, 0.4) is 0 Å². The molecule has 2 atom stereocenters. The molecular weight excluding hydrogens is 626 g/mol. The van der Waals surface area contributed by atoms with Gasteiger partial charge in [-0.25, -0.2) is 18.2 Å². The van der Waals surface area contributed by atoms with E-state index in [4.69, 9.17) is 11.6 Å². The largest absolute Gasteiger partial charge is 0.480 e. The van der Waals surface area contributed by atoms with E-state index in [1.165, 1.54) is 30.3 Å². The maximum Gasteiger partial charge on any atom is 0.335 e. The monoisotopic (exact) mass is 653 g/mol. The minimum atomic E-state index is -4.42. The molecule has 0 unspecified atom stereocenters. The molecular formula is C35H28ClN3O6S. The summed E-state index contributed by atoms with van der Waals surface area (Å²) in [6.07, 6.45) is 1.67. The van der Waals surface area contributed by atoms with Crippen LogP contribution in [-0.4, -0.2) is 45.4 Å². The Morgan fingerprint density at radius 1 is 0.870 bits per heavy atom. The number of rotatable bonds is 11. The van der Waals surface area contributed by atoms with Crippen LogP contribution in [0.1, 0.15) is 33.8 Å². The second-order valence-corrected chi connectivity index (χ2v) is 13.3. The van der Waals surface area contributed by atoms with Gasteiger partial charge in [0, 0.05) is 29.4 Å². The Hall–Kier alpha value is -5.03. The van der Waals surface area contributed by atoms with Gasteiger partial charge in [0.05, 0.1) is 10.5 Å². The number of hydrogen-bond acceptors (Lipinski definition) is 6. The zero-order chi connectivity index (χ0) is 32.5. The van der Waals surface area contributed by atoms with Crippen LogP contribution in [-0.2, 0) is 21.4 Å². The molecule has 1 aliphatic rings. The van der Waals surface area contributed by atoms with Crippen molar-refractivity contribution in [3.8, 4) is 11.1 Å². The molecule has 1 aromatic heterocycles. The van der Waals surface area contributed by atoms with E-state index in [-0.39, 0.29) is 23.4 Å². The van der Waals surface area contributed by atoms with Crippen LogP contribution < -0.4 is 5.32 Å². The molecule has 6 rings (SSSR count). The summed E-state index contributed by atoms with van der Waals surface area (Å²) >= 11 is 6.02. The van der Waals surface area contributed by atoms with Gasteiger partial charge in [-0.05, 0) is 89.3 Å². The first-order valence-electron chi connectivity index (χ1n) is 14.3. The molecule has 0 bridgehead atoms. The number of carbonyl (C=O) groups is 2. The number of nitrogens with zero attached hydrogens (tertiary/aromatic N) is 2. The molecule has 11 heteroatoms. The van der Waals surface area contributed by atoms with E-state index in [9.17, 15) is 28.2 Å². The van der Waals surface area contributed by atoms with Crippen LogP contribution in [0.15, 0.2) is 126 Å². The lowest BCUT2D eigenvalue weighted by atomic mass is 10.0. The molecule has 9 nitrogen and oxygen atoms in total. The Labute approximate surface area is 270 Å². The summed E-state index contributed by atoms with van der Waals surface area (Å²) in [4.78, 5) is 29.0. The van der Waals surface area contributed by atoms with Crippen LogP contribution >= 0.6 is 11.6 Å². The number of aromatic nitrogens is 1. The predicted molar refractivity (Wildman–Crippen MR) is 175 cm³/mol. The summed E-state index contributed by atoms with van der Waals surface area (Å²) in [6, 6.07) is 31.7. The maximum absolute atomic E-state index is 14.4. The van der Waals surface area contributed by atoms with Crippen molar-refractivity contribution in [1.82, 2.24) is 9.29 Å². The summed E-state index contributed by atoms with van der Waals surface area (Å²) in [6.45, 7) is -0.350. The van der Waals surface area contributed by atoms with Gasteiger partial charge in [0.25, 0.3) is 0 Å². The van der Waals surface area contributed by atoms with E-state index >= 15 is 0 Å². The van der Waals surface area contributed by atoms with Crippen molar-refractivity contribution in [2.45, 2.75) is 29.3 Å². The highest BCUT2D eigenvalue weighted by atomic mass is 35.5. The quantitative estimate of drug-likeness (QED) is 0.138. The fourth-order valence-electron chi connectivity index (χ4n) is 5.68. The third-order valence-corrected chi connectivity index (χ3v) is 10.2. The van der Waals surface area contributed by atoms with Gasteiger partial charge in [-0.15, -0.1) is 0 Å². The summed E-state index contributed by atoms with van der Waals surface area (Å²) in [7, 11) is -4.42. The van der Waals surface area contributed by atoms with E-state index in [1.54, 1.807) is 66.9 Å². The highest BCUT2D eigenvalue weighted by Gasteiger charge is 2.68. The molecule has 232 valence electrons. The molecule has 3 N–H and O–H groups in total. The summed E-state index contributed by atoms with van der Waals surface area (Å²) in [5.74, 6) is -2.55. The Morgan fingerprint density at radius 2 is 1.57 bits per heavy atom. The van der Waals surface area contributed by atoms with Gasteiger partial charge < -0.3 is 15.5 Å². The number of halogens is 1. The molecule has 0 spiro atoms. The highest BCUT2D eigenvalue weighted by molar-refractivity contribution is 7.89.